The summed E-state index contributed by atoms with van der Waals surface area (Å²) in [5.74, 6) is 0. The summed E-state index contributed by atoms with van der Waals surface area (Å²) >= 11 is 0. The Morgan fingerprint density at radius 2 is 0.631 bits per heavy atom. The van der Waals surface area contributed by atoms with Crippen LogP contribution in [0.3, 0.4) is 0 Å². The van der Waals surface area contributed by atoms with Gasteiger partial charge in [-0.05, 0) is 84.9 Å². The van der Waals surface area contributed by atoms with Gasteiger partial charge in [0.15, 0.2) is 10.7 Å². The molecular weight excluding hydrogens is 941 g/mol. The lowest BCUT2D eigenvalue weighted by Gasteiger charge is -2.05. The highest BCUT2D eigenvalue weighted by molar-refractivity contribution is 7.86. The van der Waals surface area contributed by atoms with Crippen LogP contribution in [0.1, 0.15) is 11.1 Å². The molecule has 6 rings (SSSR count). The van der Waals surface area contributed by atoms with Crippen LogP contribution in [-0.2, 0) is 46.9 Å². The molecule has 0 unspecified atom stereocenters. The molecule has 65 heavy (non-hydrogen) atoms. The predicted molar refractivity (Wildman–Crippen MR) is 227 cm³/mol. The number of benzene rings is 6. The minimum absolute atomic E-state index is 0.0828. The molecule has 6 aromatic rings. The number of anilines is 4. The van der Waals surface area contributed by atoms with E-state index < -0.39 is 121 Å². The Balaban J connectivity index is 1.55. The minimum Gasteiger partial charge on any atom is -0.287 e. The molecule has 8 N–H and O–H groups in total. The molecule has 0 aromatic heterocycles. The molecule has 0 amide bonds. The molecule has 24 nitrogen and oxygen atoms in total. The predicted octanol–water partition coefficient (Wildman–Crippen LogP) is -0.833. The maximum Gasteiger partial charge on any atom is 0.294 e. The van der Waals surface area contributed by atoms with Crippen molar-refractivity contribution in [3.63, 3.8) is 0 Å². The van der Waals surface area contributed by atoms with E-state index in [-0.39, 0.29) is 22.7 Å². The van der Waals surface area contributed by atoms with Crippen LogP contribution in [0.25, 0.3) is 0 Å². The van der Waals surface area contributed by atoms with E-state index in [9.17, 15) is 71.1 Å². The molecule has 0 saturated heterocycles. The van der Waals surface area contributed by atoms with Crippen molar-refractivity contribution in [2.75, 3.05) is 21.7 Å². The molecule has 0 aliphatic heterocycles. The molecule has 28 heteroatoms. The normalized spacial score (nSPS) is 13.5. The topological polar surface area (TPSA) is 383 Å². The van der Waals surface area contributed by atoms with Gasteiger partial charge >= 0.3 is 0 Å². The molecule has 0 saturated carbocycles. The van der Waals surface area contributed by atoms with Gasteiger partial charge < -0.3 is 0 Å². The van der Waals surface area contributed by atoms with Crippen molar-refractivity contribution >= 4 is 63.2 Å². The Morgan fingerprint density at radius 3 is 0.892 bits per heavy atom. The molecule has 0 bridgehead atoms. The van der Waals surface area contributed by atoms with Crippen molar-refractivity contribution in [1.82, 2.24) is 0 Å². The van der Waals surface area contributed by atoms with E-state index >= 15 is 0 Å². The van der Waals surface area contributed by atoms with Gasteiger partial charge in [-0.2, -0.15) is 54.1 Å². The van der Waals surface area contributed by atoms with Gasteiger partial charge in [0.05, 0.1) is 42.3 Å². The highest BCUT2D eigenvalue weighted by atomic mass is 32.2. The summed E-state index contributed by atoms with van der Waals surface area (Å²) in [7, 11) is -18.8. The molecule has 0 aliphatic carbocycles. The second kappa shape index (κ2) is 18.3. The maximum absolute atomic E-state index is 14.0. The molecule has 0 radical (unpaired) electrons. The van der Waals surface area contributed by atoms with E-state index in [2.05, 4.69) is 42.1 Å². The van der Waals surface area contributed by atoms with Gasteiger partial charge in [0.1, 0.15) is 10.7 Å². The van der Waals surface area contributed by atoms with Crippen LogP contribution in [-0.4, -0.2) is 51.9 Å². The smallest absolute Gasteiger partial charge is 0.287 e. The first-order chi connectivity index (χ1) is 30.4. The molecule has 336 valence electrons. The molecule has 0 aliphatic rings. The van der Waals surface area contributed by atoms with Crippen LogP contribution in [0, 0.1) is 0 Å². The van der Waals surface area contributed by atoms with Gasteiger partial charge in [0.2, 0.25) is 21.7 Å². The first-order valence-electron chi connectivity index (χ1n) is 17.6. The third kappa shape index (κ3) is 11.6. The largest absolute Gasteiger partial charge is 0.294 e. The van der Waals surface area contributed by atoms with Gasteiger partial charge in [-0.1, -0.05) is 24.3 Å². The zero-order valence-corrected chi connectivity index (χ0v) is 35.5. The van der Waals surface area contributed by atoms with Crippen LogP contribution in [0.15, 0.2) is 168 Å². The second-order valence-corrected chi connectivity index (χ2v) is 18.9. The first kappa shape index (κ1) is 47.0. The van der Waals surface area contributed by atoms with Gasteiger partial charge in [-0.15, -0.1) is 0 Å². The summed E-state index contributed by atoms with van der Waals surface area (Å²) < 4.78 is 132. The average Bonchev–Trinajstić information content (AvgIpc) is 3.23. The van der Waals surface area contributed by atoms with Crippen LogP contribution >= 0.6 is 0 Å². The average molecular weight is 969 g/mol. The number of hydrogen-bond donors (Lipinski definition) is 8. The van der Waals surface area contributed by atoms with Gasteiger partial charge in [-0.3, -0.25) is 59.1 Å². The van der Waals surface area contributed by atoms with Crippen LogP contribution in [0.4, 0.5) is 22.7 Å². The highest BCUT2D eigenvalue weighted by Crippen LogP contribution is 2.18. The van der Waals surface area contributed by atoms with E-state index in [1.54, 1.807) is 0 Å². The van der Waals surface area contributed by atoms with Crippen molar-refractivity contribution in [2.24, 2.45) is 20.4 Å². The Hall–Kier alpha value is -7.44. The van der Waals surface area contributed by atoms with Gasteiger partial charge in [0, 0.05) is 17.5 Å². The van der Waals surface area contributed by atoms with E-state index in [4.69, 9.17) is 0 Å². The number of hydrogen-bond acceptors (Lipinski definition) is 20. The van der Waals surface area contributed by atoms with Crippen LogP contribution in [0.5, 0.6) is 0 Å². The monoisotopic (exact) mass is 968 g/mol. The molecule has 0 fully saturated rings. The zero-order chi connectivity index (χ0) is 47.5. The highest BCUT2D eigenvalue weighted by Gasteiger charge is 2.17. The lowest BCUT2D eigenvalue weighted by atomic mass is 10.0. The van der Waals surface area contributed by atoms with Crippen LogP contribution < -0.4 is 64.8 Å². The molecule has 0 spiro atoms. The summed E-state index contributed by atoms with van der Waals surface area (Å²) in [5, 5.41) is 12.6. The van der Waals surface area contributed by atoms with Crippen molar-refractivity contribution in [3.8, 4) is 0 Å². The standard InChI is InChI=1S/C37H28N8O16S4/c46-34-20(14-30(42-38-22-5-1-9-26(16-22)62(50,51)52)36(48)32(34)44-40-24-7-3-11-28(18-24)64(56,57)58)13-21-15-31(43-39-23-6-2-10-27(17-23)63(53,54)55)37(49)33(35(21)47)45-41-25-8-4-12-29(19-25)65(59,60)61/h1-12,14-19,38-41H,13H2,(H,50,51,52)(H,53,54,55)(H,56,57,58)(H,59,60,61)/b42-30-,43-31+,44-32+,45-33-. The first-order valence-corrected chi connectivity index (χ1v) is 23.4. The summed E-state index contributed by atoms with van der Waals surface area (Å²) in [6.07, 6.45) is -0.749. The van der Waals surface area contributed by atoms with E-state index in [0.717, 1.165) is 60.7 Å². The SMILES string of the molecule is O=c1c(Cc2c/c(=N/Nc3cccc(S(=O)(=O)O)c3)c(=O)/c(=N/Nc3cccc(S(=O)(=O)O)c3)c2=O)c/c(=N\Nc2cccc(S(=O)(=O)O)c2)c(=O)/c1=N\Nc1cccc(S(=O)(=O)O)c1. The van der Waals surface area contributed by atoms with E-state index in [1.165, 1.54) is 48.5 Å². The van der Waals surface area contributed by atoms with E-state index in [1.807, 2.05) is 0 Å². The fraction of sp³-hybridized carbons (Fsp3) is 0.0270. The molecular formula is C37H28N8O16S4. The van der Waals surface area contributed by atoms with Crippen molar-refractivity contribution in [1.29, 1.82) is 0 Å². The van der Waals surface area contributed by atoms with Gasteiger partial charge in [-0.25, -0.2) is 0 Å². The minimum atomic E-state index is -4.72. The molecule has 6 aromatic carbocycles. The second-order valence-electron chi connectivity index (χ2n) is 13.2. The molecule has 0 atom stereocenters. The third-order valence-corrected chi connectivity index (χ3v) is 12.0. The lowest BCUT2D eigenvalue weighted by Crippen LogP contribution is -2.51. The number of nitrogens with one attached hydrogen (secondary N) is 4. The number of rotatable bonds is 14. The maximum atomic E-state index is 14.0. The van der Waals surface area contributed by atoms with Crippen LogP contribution in [0.2, 0.25) is 0 Å². The summed E-state index contributed by atoms with van der Waals surface area (Å²) in [6, 6.07) is 19.7. The van der Waals surface area contributed by atoms with Gasteiger partial charge in [0.25, 0.3) is 40.5 Å². The fourth-order valence-electron chi connectivity index (χ4n) is 5.58. The van der Waals surface area contributed by atoms with E-state index in [0.29, 0.717) is 0 Å². The zero-order valence-electron chi connectivity index (χ0n) is 32.2. The van der Waals surface area contributed by atoms with Crippen molar-refractivity contribution in [3.05, 3.63) is 183 Å². The third-order valence-electron chi connectivity index (χ3n) is 8.64. The fourth-order valence-corrected chi connectivity index (χ4v) is 7.68. The van der Waals surface area contributed by atoms with Crippen molar-refractivity contribution in [2.45, 2.75) is 26.0 Å². The molecule has 0 heterocycles. The Kier molecular flexibility index (Phi) is 13.3. The number of nitrogens with zero attached hydrogens (tertiary/aromatic N) is 4. The quantitative estimate of drug-likeness (QED) is 0.0488. The van der Waals surface area contributed by atoms with Crippen molar-refractivity contribution < 1.29 is 51.9 Å². The summed E-state index contributed by atoms with van der Waals surface area (Å²) in [4.78, 5) is 53.2. The summed E-state index contributed by atoms with van der Waals surface area (Å²) in [5.41, 5.74) is 3.57. The lowest BCUT2D eigenvalue weighted by molar-refractivity contribution is 0.481. The Bertz CT molecular complexity index is 3620. The summed E-state index contributed by atoms with van der Waals surface area (Å²) in [6.45, 7) is 0. The Morgan fingerprint density at radius 1 is 0.369 bits per heavy atom. The Labute approximate surface area is 364 Å².